The van der Waals surface area contributed by atoms with Crippen LogP contribution in [0.1, 0.15) is 36.4 Å². The van der Waals surface area contributed by atoms with Gasteiger partial charge in [0.15, 0.2) is 0 Å². The van der Waals surface area contributed by atoms with Gasteiger partial charge in [-0.05, 0) is 44.5 Å². The lowest BCUT2D eigenvalue weighted by Crippen LogP contribution is -2.11. The van der Waals surface area contributed by atoms with Crippen molar-refractivity contribution in [3.05, 3.63) is 45.7 Å². The predicted octanol–water partition coefficient (Wildman–Crippen LogP) is 3.78. The van der Waals surface area contributed by atoms with Crippen LogP contribution < -0.4 is 4.74 Å². The molecule has 0 aliphatic rings. The number of aryl methyl sites for hydroxylation is 1. The summed E-state index contributed by atoms with van der Waals surface area (Å²) in [6.07, 6.45) is 0.258. The average molecular weight is 353 g/mol. The molecule has 0 spiro atoms. The molecular formula is C16H21BrN2O2. The SMILES string of the molecule is CCC(O)c1c(C)nn(CCOc2ccc(Br)cc2)c1C. The Labute approximate surface area is 133 Å². The van der Waals surface area contributed by atoms with Crippen LogP contribution in [0.2, 0.25) is 0 Å². The molecule has 114 valence electrons. The number of aromatic nitrogens is 2. The fraction of sp³-hybridized carbons (Fsp3) is 0.438. The van der Waals surface area contributed by atoms with Crippen LogP contribution in [0.15, 0.2) is 28.7 Å². The second kappa shape index (κ2) is 7.09. The minimum Gasteiger partial charge on any atom is -0.492 e. The first kappa shape index (κ1) is 16.0. The molecule has 1 N–H and O–H groups in total. The molecule has 0 saturated carbocycles. The molecule has 2 aromatic rings. The summed E-state index contributed by atoms with van der Waals surface area (Å²) < 4.78 is 8.65. The van der Waals surface area contributed by atoms with Gasteiger partial charge in [0.05, 0.1) is 18.3 Å². The smallest absolute Gasteiger partial charge is 0.119 e. The van der Waals surface area contributed by atoms with Gasteiger partial charge < -0.3 is 9.84 Å². The summed E-state index contributed by atoms with van der Waals surface area (Å²) in [4.78, 5) is 0. The minimum atomic E-state index is -0.439. The maximum absolute atomic E-state index is 10.0. The Hall–Kier alpha value is -1.33. The van der Waals surface area contributed by atoms with Crippen LogP contribution in [-0.2, 0) is 6.54 Å². The first-order valence-corrected chi connectivity index (χ1v) is 7.92. The number of rotatable bonds is 6. The lowest BCUT2D eigenvalue weighted by atomic mass is 10.1. The van der Waals surface area contributed by atoms with Crippen molar-refractivity contribution >= 4 is 15.9 Å². The van der Waals surface area contributed by atoms with Gasteiger partial charge in [0.2, 0.25) is 0 Å². The lowest BCUT2D eigenvalue weighted by Gasteiger charge is -2.10. The largest absolute Gasteiger partial charge is 0.492 e. The normalized spacial score (nSPS) is 12.4. The van der Waals surface area contributed by atoms with Crippen molar-refractivity contribution in [2.24, 2.45) is 0 Å². The number of hydrogen-bond donors (Lipinski definition) is 1. The Morgan fingerprint density at radius 3 is 2.57 bits per heavy atom. The number of ether oxygens (including phenoxy) is 1. The van der Waals surface area contributed by atoms with Gasteiger partial charge >= 0.3 is 0 Å². The van der Waals surface area contributed by atoms with Gasteiger partial charge in [0, 0.05) is 15.7 Å². The molecule has 0 amide bonds. The molecule has 1 atom stereocenters. The summed E-state index contributed by atoms with van der Waals surface area (Å²) in [5, 5.41) is 14.5. The molecule has 0 aliphatic carbocycles. The van der Waals surface area contributed by atoms with Gasteiger partial charge in [0.25, 0.3) is 0 Å². The van der Waals surface area contributed by atoms with E-state index in [1.54, 1.807) is 0 Å². The molecule has 1 unspecified atom stereocenters. The molecule has 0 radical (unpaired) electrons. The molecule has 2 rings (SSSR count). The van der Waals surface area contributed by atoms with Crippen LogP contribution >= 0.6 is 15.9 Å². The summed E-state index contributed by atoms with van der Waals surface area (Å²) in [5.41, 5.74) is 2.85. The zero-order chi connectivity index (χ0) is 15.4. The molecule has 0 saturated heterocycles. The van der Waals surface area contributed by atoms with Gasteiger partial charge in [-0.3, -0.25) is 4.68 Å². The Balaban J connectivity index is 1.99. The standard InChI is InChI=1S/C16H21BrN2O2/c1-4-15(20)16-11(2)18-19(12(16)3)9-10-21-14-7-5-13(17)6-8-14/h5-8,15,20H,4,9-10H2,1-3H3. The molecule has 1 aromatic heterocycles. The van der Waals surface area contributed by atoms with Crippen molar-refractivity contribution < 1.29 is 9.84 Å². The van der Waals surface area contributed by atoms with Crippen LogP contribution in [0.3, 0.4) is 0 Å². The van der Waals surface area contributed by atoms with Crippen LogP contribution in [0, 0.1) is 13.8 Å². The topological polar surface area (TPSA) is 47.3 Å². The summed E-state index contributed by atoms with van der Waals surface area (Å²) in [6, 6.07) is 7.76. The fourth-order valence-corrected chi connectivity index (χ4v) is 2.66. The molecule has 1 aromatic carbocycles. The monoisotopic (exact) mass is 352 g/mol. The first-order valence-electron chi connectivity index (χ1n) is 7.13. The molecule has 21 heavy (non-hydrogen) atoms. The quantitative estimate of drug-likeness (QED) is 0.860. The summed E-state index contributed by atoms with van der Waals surface area (Å²) in [7, 11) is 0. The van der Waals surface area contributed by atoms with Crippen molar-refractivity contribution in [2.75, 3.05) is 6.61 Å². The van der Waals surface area contributed by atoms with Gasteiger partial charge in [-0.25, -0.2) is 0 Å². The van der Waals surface area contributed by atoms with Gasteiger partial charge in [-0.15, -0.1) is 0 Å². The maximum atomic E-state index is 10.0. The summed E-state index contributed by atoms with van der Waals surface area (Å²) in [6.45, 7) is 7.11. The number of aliphatic hydroxyl groups is 1. The highest BCUT2D eigenvalue weighted by molar-refractivity contribution is 9.10. The highest BCUT2D eigenvalue weighted by Crippen LogP contribution is 2.23. The van der Waals surface area contributed by atoms with E-state index in [0.29, 0.717) is 19.6 Å². The van der Waals surface area contributed by atoms with E-state index < -0.39 is 6.10 Å². The van der Waals surface area contributed by atoms with Crippen LogP contribution in [-0.4, -0.2) is 21.5 Å². The predicted molar refractivity (Wildman–Crippen MR) is 86.6 cm³/mol. The third-order valence-corrected chi connectivity index (χ3v) is 4.07. The van der Waals surface area contributed by atoms with E-state index in [-0.39, 0.29) is 0 Å². The molecule has 1 heterocycles. The number of benzene rings is 1. The van der Waals surface area contributed by atoms with Crippen LogP contribution in [0.5, 0.6) is 5.75 Å². The van der Waals surface area contributed by atoms with Crippen molar-refractivity contribution in [2.45, 2.75) is 39.8 Å². The number of halogens is 1. The van der Waals surface area contributed by atoms with E-state index in [9.17, 15) is 5.11 Å². The van der Waals surface area contributed by atoms with E-state index in [1.165, 1.54) is 0 Å². The van der Waals surface area contributed by atoms with Crippen LogP contribution in [0.25, 0.3) is 0 Å². The molecule has 4 nitrogen and oxygen atoms in total. The Bertz CT molecular complexity index is 593. The summed E-state index contributed by atoms with van der Waals surface area (Å²) >= 11 is 3.40. The second-order valence-electron chi connectivity index (χ2n) is 5.03. The Kier molecular flexibility index (Phi) is 5.42. The lowest BCUT2D eigenvalue weighted by molar-refractivity contribution is 0.172. The zero-order valence-electron chi connectivity index (χ0n) is 12.6. The molecule has 0 fully saturated rings. The van der Waals surface area contributed by atoms with Crippen LogP contribution in [0.4, 0.5) is 0 Å². The maximum Gasteiger partial charge on any atom is 0.119 e. The van der Waals surface area contributed by atoms with E-state index >= 15 is 0 Å². The molecule has 5 heteroatoms. The number of hydrogen-bond acceptors (Lipinski definition) is 3. The van der Waals surface area contributed by atoms with Gasteiger partial charge in [0.1, 0.15) is 12.4 Å². The summed E-state index contributed by atoms with van der Waals surface area (Å²) in [5.74, 6) is 0.841. The second-order valence-corrected chi connectivity index (χ2v) is 5.95. The van der Waals surface area contributed by atoms with E-state index in [4.69, 9.17) is 4.74 Å². The average Bonchev–Trinajstić information content (AvgIpc) is 2.75. The number of nitrogens with zero attached hydrogens (tertiary/aromatic N) is 2. The fourth-order valence-electron chi connectivity index (χ4n) is 2.40. The van der Waals surface area contributed by atoms with E-state index in [2.05, 4.69) is 21.0 Å². The van der Waals surface area contributed by atoms with Gasteiger partial charge in [-0.2, -0.15) is 5.10 Å². The molecule has 0 bridgehead atoms. The van der Waals surface area contributed by atoms with Gasteiger partial charge in [-0.1, -0.05) is 22.9 Å². The Morgan fingerprint density at radius 2 is 1.95 bits per heavy atom. The van der Waals surface area contributed by atoms with Crippen molar-refractivity contribution in [3.8, 4) is 5.75 Å². The first-order chi connectivity index (χ1) is 10.0. The third kappa shape index (κ3) is 3.86. The molecular weight excluding hydrogens is 332 g/mol. The highest BCUT2D eigenvalue weighted by atomic mass is 79.9. The van der Waals surface area contributed by atoms with Crippen molar-refractivity contribution in [1.29, 1.82) is 0 Å². The third-order valence-electron chi connectivity index (χ3n) is 3.54. The highest BCUT2D eigenvalue weighted by Gasteiger charge is 2.17. The van der Waals surface area contributed by atoms with Crippen molar-refractivity contribution in [3.63, 3.8) is 0 Å². The minimum absolute atomic E-state index is 0.439. The Morgan fingerprint density at radius 1 is 1.29 bits per heavy atom. The zero-order valence-corrected chi connectivity index (χ0v) is 14.2. The van der Waals surface area contributed by atoms with E-state index in [1.807, 2.05) is 49.7 Å². The molecule has 0 aliphatic heterocycles. The van der Waals surface area contributed by atoms with Crippen molar-refractivity contribution in [1.82, 2.24) is 9.78 Å². The van der Waals surface area contributed by atoms with E-state index in [0.717, 1.165) is 27.2 Å². The number of aliphatic hydroxyl groups excluding tert-OH is 1.